The summed E-state index contributed by atoms with van der Waals surface area (Å²) in [7, 11) is 1.55. The molecule has 0 amide bonds. The van der Waals surface area contributed by atoms with Gasteiger partial charge in [-0.05, 0) is 39.5 Å². The van der Waals surface area contributed by atoms with Gasteiger partial charge in [-0.2, -0.15) is 4.98 Å². The fraction of sp³-hybridized carbons (Fsp3) is 0.448. The Labute approximate surface area is 232 Å². The summed E-state index contributed by atoms with van der Waals surface area (Å²) in [4.78, 5) is 47.0. The standard InChI is InChI=1S/C29H36N6O5/c1-19(2)11-13-34-25-26(31-28(34)33-12-7-10-21(30)15-33)32(3)29(38)35(27(25)37)16-23(36)24-18-39-22(17-40-24)14-20-8-5-4-6-9-20/h4-5,8,11,17-18,21H,6-7,9-10,12-16,30H2,1-3H3. The molecule has 0 spiro atoms. The zero-order valence-electron chi connectivity index (χ0n) is 23.3. The van der Waals surface area contributed by atoms with Gasteiger partial charge < -0.3 is 24.7 Å². The van der Waals surface area contributed by atoms with Gasteiger partial charge in [-0.25, -0.2) is 4.79 Å². The van der Waals surface area contributed by atoms with Crippen LogP contribution in [-0.2, 0) is 34.4 Å². The summed E-state index contributed by atoms with van der Waals surface area (Å²) in [6, 6.07) is 0.000320. The van der Waals surface area contributed by atoms with Crippen LogP contribution < -0.4 is 21.9 Å². The molecule has 0 bridgehead atoms. The van der Waals surface area contributed by atoms with E-state index in [9.17, 15) is 14.4 Å². The minimum atomic E-state index is -0.634. The van der Waals surface area contributed by atoms with Gasteiger partial charge >= 0.3 is 5.69 Å². The molecule has 1 atom stereocenters. The number of Topliss-reactive ketones (excluding diaryl/α,β-unsaturated/α-hetero) is 1. The van der Waals surface area contributed by atoms with Gasteiger partial charge in [-0.15, -0.1) is 0 Å². The van der Waals surface area contributed by atoms with Gasteiger partial charge in [0.15, 0.2) is 11.2 Å². The third-order valence-corrected chi connectivity index (χ3v) is 7.35. The summed E-state index contributed by atoms with van der Waals surface area (Å²) in [6.45, 7) is 5.21. The van der Waals surface area contributed by atoms with E-state index in [1.165, 1.54) is 22.7 Å². The van der Waals surface area contributed by atoms with E-state index < -0.39 is 23.6 Å². The molecule has 40 heavy (non-hydrogen) atoms. The number of hydrogen-bond donors (Lipinski definition) is 1. The molecule has 212 valence electrons. The summed E-state index contributed by atoms with van der Waals surface area (Å²) >= 11 is 0. The van der Waals surface area contributed by atoms with Gasteiger partial charge in [0.05, 0.1) is 6.54 Å². The van der Waals surface area contributed by atoms with Crippen molar-refractivity contribution in [2.24, 2.45) is 12.8 Å². The van der Waals surface area contributed by atoms with Crippen LogP contribution in [0.5, 0.6) is 0 Å². The Bertz CT molecular complexity index is 1590. The predicted molar refractivity (Wildman–Crippen MR) is 153 cm³/mol. The van der Waals surface area contributed by atoms with Crippen molar-refractivity contribution in [1.29, 1.82) is 0 Å². The largest absolute Gasteiger partial charge is 0.462 e. The van der Waals surface area contributed by atoms with E-state index in [1.54, 1.807) is 7.05 Å². The number of allylic oxidation sites excluding steroid dienone is 7. The first kappa shape index (κ1) is 27.4. The lowest BCUT2D eigenvalue weighted by Crippen LogP contribution is -2.44. The second-order valence-corrected chi connectivity index (χ2v) is 10.8. The maximum Gasteiger partial charge on any atom is 0.332 e. The summed E-state index contributed by atoms with van der Waals surface area (Å²) in [6.07, 6.45) is 15.1. The predicted octanol–water partition coefficient (Wildman–Crippen LogP) is 2.76. The molecule has 0 saturated carbocycles. The molecule has 2 N–H and O–H groups in total. The molecule has 5 rings (SSSR count). The van der Waals surface area contributed by atoms with Crippen LogP contribution in [0.3, 0.4) is 0 Å². The molecular weight excluding hydrogens is 512 g/mol. The lowest BCUT2D eigenvalue weighted by atomic mass is 10.0. The van der Waals surface area contributed by atoms with Gasteiger partial charge in [0.2, 0.25) is 17.5 Å². The average molecular weight is 549 g/mol. The van der Waals surface area contributed by atoms with E-state index in [0.717, 1.165) is 42.4 Å². The first-order valence-corrected chi connectivity index (χ1v) is 13.7. The molecule has 4 heterocycles. The molecule has 1 unspecified atom stereocenters. The fourth-order valence-corrected chi connectivity index (χ4v) is 5.15. The maximum atomic E-state index is 13.8. The van der Waals surface area contributed by atoms with Crippen molar-refractivity contribution in [2.75, 3.05) is 18.0 Å². The lowest BCUT2D eigenvalue weighted by Gasteiger charge is -2.31. The zero-order chi connectivity index (χ0) is 28.4. The summed E-state index contributed by atoms with van der Waals surface area (Å²) < 4.78 is 15.3. The highest BCUT2D eigenvalue weighted by Crippen LogP contribution is 2.25. The number of carbonyl (C=O) groups is 1. The number of anilines is 1. The lowest BCUT2D eigenvalue weighted by molar-refractivity contribution is -0.119. The minimum Gasteiger partial charge on any atom is -0.462 e. The van der Waals surface area contributed by atoms with E-state index in [1.807, 2.05) is 36.6 Å². The first-order valence-electron chi connectivity index (χ1n) is 13.7. The van der Waals surface area contributed by atoms with Crippen LogP contribution in [0.2, 0.25) is 0 Å². The van der Waals surface area contributed by atoms with Crippen LogP contribution in [0.1, 0.15) is 46.0 Å². The third-order valence-electron chi connectivity index (χ3n) is 7.35. The molecule has 1 fully saturated rings. The number of carbonyl (C=O) groups excluding carboxylic acids is 1. The molecule has 2 aliphatic heterocycles. The monoisotopic (exact) mass is 548 g/mol. The number of fused-ring (bicyclic) bond motifs is 1. The van der Waals surface area contributed by atoms with E-state index in [-0.39, 0.29) is 23.0 Å². The number of hydrogen-bond acceptors (Lipinski definition) is 8. The van der Waals surface area contributed by atoms with Crippen LogP contribution in [-0.4, -0.2) is 43.6 Å². The van der Waals surface area contributed by atoms with Crippen LogP contribution in [0.15, 0.2) is 69.1 Å². The topological polar surface area (TPSA) is 127 Å². The molecule has 11 heteroatoms. The molecule has 0 radical (unpaired) electrons. The van der Waals surface area contributed by atoms with Crippen LogP contribution in [0.25, 0.3) is 11.2 Å². The van der Waals surface area contributed by atoms with Gasteiger partial charge in [0, 0.05) is 39.1 Å². The Morgan fingerprint density at radius 1 is 1.20 bits per heavy atom. The van der Waals surface area contributed by atoms with E-state index in [0.29, 0.717) is 31.2 Å². The van der Waals surface area contributed by atoms with Crippen molar-refractivity contribution < 1.29 is 14.3 Å². The number of nitrogens with two attached hydrogens (primary N) is 1. The Morgan fingerprint density at radius 2 is 2.02 bits per heavy atom. The van der Waals surface area contributed by atoms with Gasteiger partial charge in [0.1, 0.15) is 18.3 Å². The maximum absolute atomic E-state index is 13.8. The Balaban J connectivity index is 1.45. The van der Waals surface area contributed by atoms with E-state index in [2.05, 4.69) is 11.0 Å². The molecule has 2 aromatic heterocycles. The SMILES string of the molecule is CC(C)=CCn1c(N2CCCC(N)C2)nc2c1c(=O)n(CC(=O)C1=COC(CC3=CC=CCC3)=CO1)c(=O)n2C. The quantitative estimate of drug-likeness (QED) is 0.499. The first-order chi connectivity index (χ1) is 19.2. The number of ketones is 1. The number of ether oxygens (including phenoxy) is 2. The molecule has 2 aromatic rings. The van der Waals surface area contributed by atoms with Crippen molar-refractivity contribution >= 4 is 22.9 Å². The molecule has 11 nitrogen and oxygen atoms in total. The molecule has 1 saturated heterocycles. The van der Waals surface area contributed by atoms with Crippen molar-refractivity contribution in [3.63, 3.8) is 0 Å². The van der Waals surface area contributed by atoms with Crippen molar-refractivity contribution in [1.82, 2.24) is 18.7 Å². The highest BCUT2D eigenvalue weighted by Gasteiger charge is 2.27. The normalized spacial score (nSPS) is 18.9. The van der Waals surface area contributed by atoms with Crippen molar-refractivity contribution in [3.05, 3.63) is 80.3 Å². The van der Waals surface area contributed by atoms with E-state index in [4.69, 9.17) is 20.2 Å². The number of aromatic nitrogens is 4. The van der Waals surface area contributed by atoms with Gasteiger partial charge in [0.25, 0.3) is 5.56 Å². The van der Waals surface area contributed by atoms with E-state index >= 15 is 0 Å². The Morgan fingerprint density at radius 3 is 2.70 bits per heavy atom. The zero-order valence-corrected chi connectivity index (χ0v) is 23.3. The fourth-order valence-electron chi connectivity index (χ4n) is 5.15. The molecule has 3 aliphatic rings. The number of nitrogens with zero attached hydrogens (tertiary/aromatic N) is 5. The second kappa shape index (κ2) is 11.5. The van der Waals surface area contributed by atoms with Crippen LogP contribution >= 0.6 is 0 Å². The number of imidazole rings is 1. The average Bonchev–Trinajstić information content (AvgIpc) is 3.34. The summed E-state index contributed by atoms with van der Waals surface area (Å²) in [5.41, 5.74) is 7.83. The van der Waals surface area contributed by atoms with Gasteiger partial charge in [-0.1, -0.05) is 35.5 Å². The second-order valence-electron chi connectivity index (χ2n) is 10.8. The number of aryl methyl sites for hydroxylation is 1. The Hall–Kier alpha value is -4.12. The van der Waals surface area contributed by atoms with Crippen LogP contribution in [0.4, 0.5) is 5.95 Å². The number of piperidine rings is 1. The third kappa shape index (κ3) is 5.60. The number of rotatable bonds is 8. The highest BCUT2D eigenvalue weighted by atomic mass is 16.5. The smallest absolute Gasteiger partial charge is 0.332 e. The Kier molecular flexibility index (Phi) is 7.92. The van der Waals surface area contributed by atoms with Crippen molar-refractivity contribution in [3.8, 4) is 0 Å². The van der Waals surface area contributed by atoms with Crippen LogP contribution in [0, 0.1) is 0 Å². The summed E-state index contributed by atoms with van der Waals surface area (Å²) in [5.74, 6) is 0.551. The molecule has 1 aliphatic carbocycles. The molecule has 0 aromatic carbocycles. The van der Waals surface area contributed by atoms with Crippen molar-refractivity contribution in [2.45, 2.75) is 65.1 Å². The summed E-state index contributed by atoms with van der Waals surface area (Å²) in [5, 5.41) is 0. The van der Waals surface area contributed by atoms with Gasteiger partial charge in [-0.3, -0.25) is 18.7 Å². The minimum absolute atomic E-state index is 0.000320. The highest BCUT2D eigenvalue weighted by molar-refractivity contribution is 5.93. The molecular formula is C29H36N6O5.